The van der Waals surface area contributed by atoms with Crippen molar-refractivity contribution in [2.24, 2.45) is 0 Å². The molecule has 0 saturated carbocycles. The molecule has 1 aromatic carbocycles. The van der Waals surface area contributed by atoms with Crippen LogP contribution in [0.2, 0.25) is 0 Å². The van der Waals surface area contributed by atoms with E-state index in [1.807, 2.05) is 30.3 Å². The minimum atomic E-state index is -0.0416. The van der Waals surface area contributed by atoms with E-state index >= 15 is 0 Å². The molecule has 1 unspecified atom stereocenters. The van der Waals surface area contributed by atoms with E-state index in [-0.39, 0.29) is 12.0 Å². The fraction of sp³-hybridized carbons (Fsp3) is 0.500. The minimum Gasteiger partial charge on any atom is -0.376 e. The topological polar surface area (TPSA) is 54.5 Å². The van der Waals surface area contributed by atoms with Gasteiger partial charge in [-0.2, -0.15) is 0 Å². The van der Waals surface area contributed by atoms with Crippen LogP contribution in [0.3, 0.4) is 0 Å². The lowest BCUT2D eigenvalue weighted by Gasteiger charge is -2.25. The number of carbonyl (C=O) groups is 1. The van der Waals surface area contributed by atoms with E-state index in [1.165, 1.54) is 30.6 Å². The Balaban J connectivity index is 1.58. The number of ether oxygens (including phenoxy) is 1. The van der Waals surface area contributed by atoms with E-state index in [0.717, 1.165) is 48.9 Å². The van der Waals surface area contributed by atoms with Gasteiger partial charge in [-0.05, 0) is 32.1 Å². The van der Waals surface area contributed by atoms with Gasteiger partial charge in [-0.15, -0.1) is 0 Å². The Morgan fingerprint density at radius 3 is 2.73 bits per heavy atom. The van der Waals surface area contributed by atoms with Gasteiger partial charge in [0.15, 0.2) is 5.13 Å². The molecule has 2 aliphatic heterocycles. The summed E-state index contributed by atoms with van der Waals surface area (Å²) in [6, 6.07) is 10.0. The van der Waals surface area contributed by atoms with Crippen molar-refractivity contribution in [2.45, 2.75) is 38.2 Å². The van der Waals surface area contributed by atoms with E-state index < -0.39 is 0 Å². The summed E-state index contributed by atoms with van der Waals surface area (Å²) in [5.41, 5.74) is 1.79. The van der Waals surface area contributed by atoms with Crippen LogP contribution in [0.25, 0.3) is 11.3 Å². The Morgan fingerprint density at radius 1 is 1.19 bits per heavy atom. The summed E-state index contributed by atoms with van der Waals surface area (Å²) < 4.78 is 5.62. The quantitative estimate of drug-likeness (QED) is 0.871. The fourth-order valence-corrected chi connectivity index (χ4v) is 4.62. The Kier molecular flexibility index (Phi) is 5.51. The van der Waals surface area contributed by atoms with Crippen molar-refractivity contribution in [1.82, 2.24) is 10.3 Å². The molecule has 0 radical (unpaired) electrons. The normalized spacial score (nSPS) is 20.3. The molecule has 4 rings (SSSR count). The van der Waals surface area contributed by atoms with E-state index in [2.05, 4.69) is 10.2 Å². The van der Waals surface area contributed by atoms with Gasteiger partial charge in [0.05, 0.1) is 11.8 Å². The first-order valence-corrected chi connectivity index (χ1v) is 10.3. The largest absolute Gasteiger partial charge is 0.376 e. The average molecular weight is 372 g/mol. The number of piperidine rings is 1. The highest BCUT2D eigenvalue weighted by atomic mass is 32.1. The van der Waals surface area contributed by atoms with Crippen LogP contribution in [0.4, 0.5) is 5.13 Å². The average Bonchev–Trinajstić information content (AvgIpc) is 3.37. The number of rotatable bonds is 5. The molecule has 0 bridgehead atoms. The van der Waals surface area contributed by atoms with E-state index in [9.17, 15) is 4.79 Å². The van der Waals surface area contributed by atoms with Gasteiger partial charge in [0, 0.05) is 31.8 Å². The van der Waals surface area contributed by atoms with Crippen molar-refractivity contribution in [3.8, 4) is 11.3 Å². The lowest BCUT2D eigenvalue weighted by molar-refractivity contribution is 0.0861. The molecule has 1 amide bonds. The molecule has 138 valence electrons. The van der Waals surface area contributed by atoms with Crippen LogP contribution >= 0.6 is 11.3 Å². The smallest absolute Gasteiger partial charge is 0.263 e. The van der Waals surface area contributed by atoms with Crippen LogP contribution in [0, 0.1) is 0 Å². The van der Waals surface area contributed by atoms with E-state index in [4.69, 9.17) is 9.72 Å². The van der Waals surface area contributed by atoms with Crippen molar-refractivity contribution in [1.29, 1.82) is 0 Å². The predicted molar refractivity (Wildman–Crippen MR) is 105 cm³/mol. The van der Waals surface area contributed by atoms with Crippen molar-refractivity contribution >= 4 is 22.4 Å². The zero-order chi connectivity index (χ0) is 17.8. The minimum absolute atomic E-state index is 0.0416. The van der Waals surface area contributed by atoms with Crippen LogP contribution in [0.5, 0.6) is 0 Å². The number of thiazole rings is 1. The number of carbonyl (C=O) groups excluding carboxylic acids is 1. The van der Waals surface area contributed by atoms with Gasteiger partial charge >= 0.3 is 0 Å². The summed E-state index contributed by atoms with van der Waals surface area (Å²) in [4.78, 5) is 20.8. The number of hydrogen-bond donors (Lipinski definition) is 1. The molecule has 2 aromatic rings. The molecule has 0 aliphatic carbocycles. The van der Waals surface area contributed by atoms with Crippen LogP contribution in [-0.4, -0.2) is 43.2 Å². The maximum atomic E-state index is 12.9. The zero-order valence-corrected chi connectivity index (χ0v) is 15.8. The second-order valence-electron chi connectivity index (χ2n) is 6.93. The van der Waals surface area contributed by atoms with Crippen LogP contribution in [0.15, 0.2) is 30.3 Å². The van der Waals surface area contributed by atoms with Crippen LogP contribution in [0.1, 0.15) is 41.8 Å². The van der Waals surface area contributed by atoms with Crippen molar-refractivity contribution in [2.75, 3.05) is 31.1 Å². The SMILES string of the molecule is O=C(NCC1CCCO1)c1sc(N2CCCCC2)nc1-c1ccccc1. The third-order valence-corrected chi connectivity index (χ3v) is 6.13. The lowest BCUT2D eigenvalue weighted by atomic mass is 10.1. The molecular weight excluding hydrogens is 346 g/mol. The first-order chi connectivity index (χ1) is 12.8. The maximum Gasteiger partial charge on any atom is 0.263 e. The number of anilines is 1. The lowest BCUT2D eigenvalue weighted by Crippen LogP contribution is -2.31. The number of benzene rings is 1. The molecule has 26 heavy (non-hydrogen) atoms. The Labute approximate surface area is 158 Å². The summed E-state index contributed by atoms with van der Waals surface area (Å²) in [5.74, 6) is -0.0416. The standard InChI is InChI=1S/C20H25N3O2S/c24-19(21-14-16-10-7-13-25-16)18-17(15-8-3-1-4-9-15)22-20(26-18)23-11-5-2-6-12-23/h1,3-4,8-9,16H,2,5-7,10-14H2,(H,21,24). The summed E-state index contributed by atoms with van der Waals surface area (Å²) in [6.07, 6.45) is 5.92. The summed E-state index contributed by atoms with van der Waals surface area (Å²) in [5, 5.41) is 4.02. The second-order valence-corrected chi connectivity index (χ2v) is 7.91. The fourth-order valence-electron chi connectivity index (χ4n) is 3.57. The first-order valence-electron chi connectivity index (χ1n) is 9.52. The highest BCUT2D eigenvalue weighted by molar-refractivity contribution is 7.18. The van der Waals surface area contributed by atoms with Crippen LogP contribution < -0.4 is 10.2 Å². The molecule has 5 nitrogen and oxygen atoms in total. The second kappa shape index (κ2) is 8.18. The number of hydrogen-bond acceptors (Lipinski definition) is 5. The van der Waals surface area contributed by atoms with Crippen molar-refractivity contribution in [3.63, 3.8) is 0 Å². The third-order valence-electron chi connectivity index (χ3n) is 5.01. The maximum absolute atomic E-state index is 12.9. The predicted octanol–water partition coefficient (Wildman–Crippen LogP) is 3.71. The summed E-state index contributed by atoms with van der Waals surface area (Å²) >= 11 is 1.51. The van der Waals surface area contributed by atoms with Crippen molar-refractivity contribution in [3.05, 3.63) is 35.2 Å². The van der Waals surface area contributed by atoms with Crippen LogP contribution in [-0.2, 0) is 4.74 Å². The number of aromatic nitrogens is 1. The number of nitrogens with one attached hydrogen (secondary N) is 1. The van der Waals surface area contributed by atoms with Gasteiger partial charge in [-0.1, -0.05) is 41.7 Å². The molecule has 2 fully saturated rings. The molecular formula is C20H25N3O2S. The summed E-state index contributed by atoms with van der Waals surface area (Å²) in [6.45, 7) is 3.43. The van der Waals surface area contributed by atoms with Gasteiger partial charge < -0.3 is 15.0 Å². The van der Waals surface area contributed by atoms with E-state index in [0.29, 0.717) is 11.4 Å². The van der Waals surface area contributed by atoms with Gasteiger partial charge in [-0.25, -0.2) is 4.98 Å². The van der Waals surface area contributed by atoms with Gasteiger partial charge in [0.25, 0.3) is 5.91 Å². The van der Waals surface area contributed by atoms with E-state index in [1.54, 1.807) is 0 Å². The highest BCUT2D eigenvalue weighted by Crippen LogP contribution is 2.34. The Bertz CT molecular complexity index is 735. The molecule has 3 heterocycles. The molecule has 1 aromatic heterocycles. The van der Waals surface area contributed by atoms with Gasteiger partial charge in [-0.3, -0.25) is 4.79 Å². The molecule has 1 atom stereocenters. The molecule has 6 heteroatoms. The molecule has 1 N–H and O–H groups in total. The number of nitrogens with zero attached hydrogens (tertiary/aromatic N) is 2. The molecule has 0 spiro atoms. The van der Waals surface area contributed by atoms with Crippen molar-refractivity contribution < 1.29 is 9.53 Å². The summed E-state index contributed by atoms with van der Waals surface area (Å²) in [7, 11) is 0. The Morgan fingerprint density at radius 2 is 2.00 bits per heavy atom. The number of amides is 1. The third kappa shape index (κ3) is 3.91. The van der Waals surface area contributed by atoms with Gasteiger partial charge in [0.1, 0.15) is 4.88 Å². The first kappa shape index (κ1) is 17.5. The molecule has 2 saturated heterocycles. The highest BCUT2D eigenvalue weighted by Gasteiger charge is 2.24. The zero-order valence-electron chi connectivity index (χ0n) is 14.9. The van der Waals surface area contributed by atoms with Gasteiger partial charge in [0.2, 0.25) is 0 Å². The Hall–Kier alpha value is -1.92. The monoisotopic (exact) mass is 371 g/mol. The molecule has 2 aliphatic rings.